The minimum absolute atomic E-state index is 0.0723. The fraction of sp³-hybridized carbons (Fsp3) is 0.550. The second-order valence-corrected chi connectivity index (χ2v) is 8.28. The van der Waals surface area contributed by atoms with Crippen LogP contribution in [0.2, 0.25) is 0 Å². The Labute approximate surface area is 158 Å². The fourth-order valence-electron chi connectivity index (χ4n) is 3.63. The molecule has 3 fully saturated rings. The zero-order valence-corrected chi connectivity index (χ0v) is 15.8. The molecule has 1 aromatic rings. The van der Waals surface area contributed by atoms with Gasteiger partial charge < -0.3 is 14.8 Å². The van der Waals surface area contributed by atoms with Crippen LogP contribution in [0.3, 0.4) is 0 Å². The molecule has 27 heavy (non-hydrogen) atoms. The van der Waals surface area contributed by atoms with Crippen LogP contribution in [-0.4, -0.2) is 59.7 Å². The molecule has 0 amide bonds. The van der Waals surface area contributed by atoms with Crippen molar-refractivity contribution < 1.29 is 19.1 Å². The van der Waals surface area contributed by atoms with E-state index in [1.807, 2.05) is 39.0 Å². The summed E-state index contributed by atoms with van der Waals surface area (Å²) in [5.74, 6) is -0.410. The van der Waals surface area contributed by atoms with Crippen molar-refractivity contribution in [2.75, 3.05) is 13.1 Å². The van der Waals surface area contributed by atoms with E-state index in [1.165, 1.54) is 5.56 Å². The number of aliphatic imine (C=N–C) groups is 1. The summed E-state index contributed by atoms with van der Waals surface area (Å²) < 4.78 is 11.0. The molecule has 144 valence electrons. The first-order valence-corrected chi connectivity index (χ1v) is 9.40. The maximum atomic E-state index is 12.7. The Bertz CT molecular complexity index is 771. The normalized spacial score (nSPS) is 31.4. The highest BCUT2D eigenvalue weighted by Crippen LogP contribution is 2.44. The number of ether oxygens (including phenoxy) is 2. The molecule has 0 radical (unpaired) electrons. The summed E-state index contributed by atoms with van der Waals surface area (Å²) in [5.41, 5.74) is 0.637. The van der Waals surface area contributed by atoms with Gasteiger partial charge in [0.25, 0.3) is 6.02 Å². The SMILES string of the molecule is CC(C)(C)OC(=O)C1CNCC2C(=O)OC(=N[C@H]3C[C@@H]3c3ccccc3)N21. The van der Waals surface area contributed by atoms with Crippen molar-refractivity contribution in [1.29, 1.82) is 0 Å². The molecule has 1 aliphatic carbocycles. The van der Waals surface area contributed by atoms with Gasteiger partial charge in [0.1, 0.15) is 17.7 Å². The number of carbonyl (C=O) groups excluding carboxylic acids is 2. The molecular formula is C20H25N3O4. The van der Waals surface area contributed by atoms with Crippen LogP contribution in [0.1, 0.15) is 38.7 Å². The molecule has 2 heterocycles. The monoisotopic (exact) mass is 371 g/mol. The Kier molecular flexibility index (Phi) is 4.42. The third-order valence-corrected chi connectivity index (χ3v) is 4.97. The predicted molar refractivity (Wildman–Crippen MR) is 99.2 cm³/mol. The third kappa shape index (κ3) is 3.69. The molecule has 2 aliphatic heterocycles. The van der Waals surface area contributed by atoms with Gasteiger partial charge in [-0.2, -0.15) is 0 Å². The average molecular weight is 371 g/mol. The van der Waals surface area contributed by atoms with E-state index in [9.17, 15) is 9.59 Å². The van der Waals surface area contributed by atoms with Gasteiger partial charge in [-0.05, 0) is 32.8 Å². The van der Waals surface area contributed by atoms with Gasteiger partial charge in [-0.15, -0.1) is 0 Å². The molecule has 0 aromatic heterocycles. The van der Waals surface area contributed by atoms with Crippen LogP contribution in [0, 0.1) is 0 Å². The molecule has 0 bridgehead atoms. The smallest absolute Gasteiger partial charge is 0.338 e. The van der Waals surface area contributed by atoms with Gasteiger partial charge in [-0.1, -0.05) is 30.3 Å². The summed E-state index contributed by atoms with van der Waals surface area (Å²) in [6, 6.07) is 9.35. The summed E-state index contributed by atoms with van der Waals surface area (Å²) >= 11 is 0. The van der Waals surface area contributed by atoms with E-state index in [-0.39, 0.29) is 24.0 Å². The van der Waals surface area contributed by atoms with Crippen molar-refractivity contribution in [2.45, 2.75) is 56.8 Å². The quantitative estimate of drug-likeness (QED) is 0.810. The first-order valence-electron chi connectivity index (χ1n) is 9.40. The topological polar surface area (TPSA) is 80.2 Å². The van der Waals surface area contributed by atoms with Crippen molar-refractivity contribution in [2.24, 2.45) is 4.99 Å². The fourth-order valence-corrected chi connectivity index (χ4v) is 3.63. The number of nitrogens with zero attached hydrogens (tertiary/aromatic N) is 2. The minimum atomic E-state index is -0.623. The number of hydrogen-bond donors (Lipinski definition) is 1. The molecule has 7 heteroatoms. The van der Waals surface area contributed by atoms with Crippen LogP contribution in [-0.2, 0) is 19.1 Å². The van der Waals surface area contributed by atoms with Gasteiger partial charge in [0, 0.05) is 19.0 Å². The van der Waals surface area contributed by atoms with Gasteiger partial charge in [-0.25, -0.2) is 14.6 Å². The van der Waals surface area contributed by atoms with Crippen molar-refractivity contribution in [3.63, 3.8) is 0 Å². The van der Waals surface area contributed by atoms with E-state index in [4.69, 9.17) is 9.47 Å². The summed E-state index contributed by atoms with van der Waals surface area (Å²) in [7, 11) is 0. The Morgan fingerprint density at radius 1 is 1.26 bits per heavy atom. The van der Waals surface area contributed by atoms with E-state index in [2.05, 4.69) is 22.4 Å². The molecule has 2 saturated heterocycles. The number of carbonyl (C=O) groups is 2. The third-order valence-electron chi connectivity index (χ3n) is 4.97. The maximum absolute atomic E-state index is 12.7. The van der Waals surface area contributed by atoms with Crippen molar-refractivity contribution in [1.82, 2.24) is 10.2 Å². The largest absolute Gasteiger partial charge is 0.458 e. The first-order chi connectivity index (χ1) is 12.8. The zero-order valence-electron chi connectivity index (χ0n) is 15.8. The molecule has 1 saturated carbocycles. The van der Waals surface area contributed by atoms with Crippen molar-refractivity contribution in [3.05, 3.63) is 35.9 Å². The van der Waals surface area contributed by atoms with E-state index in [0.717, 1.165) is 6.42 Å². The number of esters is 2. The number of piperazine rings is 1. The van der Waals surface area contributed by atoms with Crippen molar-refractivity contribution in [3.8, 4) is 0 Å². The molecule has 4 atom stereocenters. The molecular weight excluding hydrogens is 346 g/mol. The number of cyclic esters (lactones) is 1. The second kappa shape index (κ2) is 6.64. The molecule has 2 unspecified atom stereocenters. The summed E-state index contributed by atoms with van der Waals surface area (Å²) in [6.07, 6.45) is 0.916. The number of rotatable bonds is 3. The van der Waals surface area contributed by atoms with Gasteiger partial charge in [0.2, 0.25) is 0 Å². The van der Waals surface area contributed by atoms with E-state index in [1.54, 1.807) is 4.90 Å². The minimum Gasteiger partial charge on any atom is -0.458 e. The Morgan fingerprint density at radius 2 is 2.00 bits per heavy atom. The maximum Gasteiger partial charge on any atom is 0.338 e. The summed E-state index contributed by atoms with van der Waals surface area (Å²) in [4.78, 5) is 31.3. The Morgan fingerprint density at radius 3 is 2.70 bits per heavy atom. The van der Waals surface area contributed by atoms with E-state index in [0.29, 0.717) is 19.0 Å². The average Bonchev–Trinajstić information content (AvgIpc) is 3.31. The summed E-state index contributed by atoms with van der Waals surface area (Å²) in [5, 5.41) is 3.13. The first kappa shape index (κ1) is 18.0. The molecule has 0 spiro atoms. The van der Waals surface area contributed by atoms with Gasteiger partial charge in [-0.3, -0.25) is 4.90 Å². The highest BCUT2D eigenvalue weighted by atomic mass is 16.6. The molecule has 7 nitrogen and oxygen atoms in total. The van der Waals surface area contributed by atoms with Crippen LogP contribution in [0.5, 0.6) is 0 Å². The zero-order chi connectivity index (χ0) is 19.2. The predicted octanol–water partition coefficient (Wildman–Crippen LogP) is 1.44. The highest BCUT2D eigenvalue weighted by Gasteiger charge is 2.50. The van der Waals surface area contributed by atoms with Gasteiger partial charge >= 0.3 is 11.9 Å². The molecule has 3 aliphatic rings. The molecule has 1 aromatic carbocycles. The lowest BCUT2D eigenvalue weighted by molar-refractivity contribution is -0.161. The second-order valence-electron chi connectivity index (χ2n) is 8.28. The van der Waals surface area contributed by atoms with Crippen molar-refractivity contribution >= 4 is 18.0 Å². The molecule has 4 rings (SSSR count). The van der Waals surface area contributed by atoms with Crippen LogP contribution in [0.25, 0.3) is 0 Å². The highest BCUT2D eigenvalue weighted by molar-refractivity contribution is 6.00. The van der Waals surface area contributed by atoms with E-state index >= 15 is 0 Å². The van der Waals surface area contributed by atoms with E-state index < -0.39 is 17.7 Å². The Hall–Kier alpha value is -2.41. The van der Waals surface area contributed by atoms with Crippen LogP contribution >= 0.6 is 0 Å². The van der Waals surface area contributed by atoms with Gasteiger partial charge in [0.05, 0.1) is 6.04 Å². The molecule has 1 N–H and O–H groups in total. The summed E-state index contributed by atoms with van der Waals surface area (Å²) in [6.45, 7) is 6.31. The standard InChI is InChI=1S/C20H25N3O4/c1-20(2,3)27-18(25)16-11-21-10-15-17(24)26-19(23(15)16)22-14-9-13(14)12-7-5-4-6-8-12/h4-8,13-16,21H,9-11H2,1-3H3/t13-,14+,15?,16?/m1/s1. The lowest BCUT2D eigenvalue weighted by Gasteiger charge is -2.35. The number of amidine groups is 1. The number of benzene rings is 1. The number of hydrogen-bond acceptors (Lipinski definition) is 6. The lowest BCUT2D eigenvalue weighted by atomic mass is 10.1. The number of nitrogens with one attached hydrogen (secondary N) is 1. The Balaban J connectivity index is 1.54. The number of fused-ring (bicyclic) bond motifs is 1. The van der Waals surface area contributed by atoms with Gasteiger partial charge in [0.15, 0.2) is 0 Å². The van der Waals surface area contributed by atoms with Crippen LogP contribution in [0.15, 0.2) is 35.3 Å². The lowest BCUT2D eigenvalue weighted by Crippen LogP contribution is -2.61. The van der Waals surface area contributed by atoms with Crippen LogP contribution < -0.4 is 5.32 Å². The van der Waals surface area contributed by atoms with Crippen LogP contribution in [0.4, 0.5) is 0 Å².